The highest BCUT2D eigenvalue weighted by atomic mass is 16.5. The van der Waals surface area contributed by atoms with E-state index < -0.39 is 0 Å². The van der Waals surface area contributed by atoms with E-state index in [0.29, 0.717) is 11.3 Å². The monoisotopic (exact) mass is 311 g/mol. The van der Waals surface area contributed by atoms with Crippen molar-refractivity contribution >= 4 is 17.4 Å². The Morgan fingerprint density at radius 1 is 1.13 bits per heavy atom. The van der Waals surface area contributed by atoms with Crippen LogP contribution in [0.2, 0.25) is 0 Å². The summed E-state index contributed by atoms with van der Waals surface area (Å²) in [6.07, 6.45) is 1.70. The van der Waals surface area contributed by atoms with Crippen LogP contribution in [0.4, 0.5) is 11.5 Å². The van der Waals surface area contributed by atoms with Crippen LogP contribution >= 0.6 is 0 Å². The number of nitrogens with one attached hydrogen (secondary N) is 1. The summed E-state index contributed by atoms with van der Waals surface area (Å²) in [4.78, 5) is 19.0. The zero-order valence-corrected chi connectivity index (χ0v) is 13.5. The maximum Gasteiger partial charge on any atom is 0.255 e. The minimum absolute atomic E-state index is 0.113. The van der Waals surface area contributed by atoms with E-state index in [4.69, 9.17) is 4.74 Å². The van der Waals surface area contributed by atoms with E-state index in [1.54, 1.807) is 6.20 Å². The van der Waals surface area contributed by atoms with Crippen LogP contribution in [0.5, 0.6) is 0 Å². The summed E-state index contributed by atoms with van der Waals surface area (Å²) >= 11 is 0. The third-order valence-electron chi connectivity index (χ3n) is 3.82. The molecule has 1 aromatic heterocycles. The van der Waals surface area contributed by atoms with Gasteiger partial charge in [0.2, 0.25) is 0 Å². The molecule has 1 fully saturated rings. The molecule has 1 aliphatic rings. The van der Waals surface area contributed by atoms with Gasteiger partial charge in [-0.15, -0.1) is 0 Å². The second kappa shape index (κ2) is 6.79. The van der Waals surface area contributed by atoms with Gasteiger partial charge in [-0.05, 0) is 38.1 Å². The Morgan fingerprint density at radius 2 is 1.83 bits per heavy atom. The summed E-state index contributed by atoms with van der Waals surface area (Å²) in [5.41, 5.74) is 3.53. The van der Waals surface area contributed by atoms with E-state index in [2.05, 4.69) is 21.3 Å². The SMILES string of the molecule is Cc1cc(C)cc(C(=O)Nc2ccc(N3CCOCC3)nc2)c1. The first-order valence-corrected chi connectivity index (χ1v) is 7.80. The van der Waals surface area contributed by atoms with Crippen molar-refractivity contribution in [2.75, 3.05) is 36.5 Å². The number of aryl methyl sites for hydroxylation is 2. The zero-order chi connectivity index (χ0) is 16.2. The van der Waals surface area contributed by atoms with Crippen LogP contribution in [0.1, 0.15) is 21.5 Å². The van der Waals surface area contributed by atoms with Gasteiger partial charge in [-0.3, -0.25) is 4.79 Å². The van der Waals surface area contributed by atoms with E-state index in [1.807, 2.05) is 38.1 Å². The van der Waals surface area contributed by atoms with Crippen molar-refractivity contribution in [2.45, 2.75) is 13.8 Å². The smallest absolute Gasteiger partial charge is 0.255 e. The Bertz CT molecular complexity index is 672. The molecule has 0 saturated carbocycles. The molecular formula is C18H21N3O2. The second-order valence-corrected chi connectivity index (χ2v) is 5.84. The van der Waals surface area contributed by atoms with Gasteiger partial charge in [0.25, 0.3) is 5.91 Å². The molecule has 1 saturated heterocycles. The Labute approximate surface area is 136 Å². The van der Waals surface area contributed by atoms with Gasteiger partial charge in [0.1, 0.15) is 5.82 Å². The first kappa shape index (κ1) is 15.5. The maximum absolute atomic E-state index is 12.3. The largest absolute Gasteiger partial charge is 0.378 e. The predicted octanol–water partition coefficient (Wildman–Crippen LogP) is 2.79. The molecule has 0 spiro atoms. The van der Waals surface area contributed by atoms with Crippen molar-refractivity contribution in [1.29, 1.82) is 0 Å². The number of rotatable bonds is 3. The highest BCUT2D eigenvalue weighted by Gasteiger charge is 2.13. The van der Waals surface area contributed by atoms with E-state index in [-0.39, 0.29) is 5.91 Å². The summed E-state index contributed by atoms with van der Waals surface area (Å²) in [7, 11) is 0. The lowest BCUT2D eigenvalue weighted by atomic mass is 10.1. The summed E-state index contributed by atoms with van der Waals surface area (Å²) < 4.78 is 5.34. The van der Waals surface area contributed by atoms with Crippen LogP contribution in [-0.4, -0.2) is 37.2 Å². The Balaban J connectivity index is 1.68. The van der Waals surface area contributed by atoms with Crippen molar-refractivity contribution in [1.82, 2.24) is 4.98 Å². The first-order valence-electron chi connectivity index (χ1n) is 7.80. The number of nitrogens with zero attached hydrogens (tertiary/aromatic N) is 2. The topological polar surface area (TPSA) is 54.5 Å². The number of carbonyl (C=O) groups is 1. The summed E-state index contributed by atoms with van der Waals surface area (Å²) in [5, 5.41) is 2.90. The Kier molecular flexibility index (Phi) is 4.57. The van der Waals surface area contributed by atoms with Crippen LogP contribution in [0.3, 0.4) is 0 Å². The summed E-state index contributed by atoms with van der Waals surface area (Å²) in [6, 6.07) is 9.64. The number of ether oxygens (including phenoxy) is 1. The first-order chi connectivity index (χ1) is 11.1. The summed E-state index contributed by atoms with van der Waals surface area (Å²) in [6.45, 7) is 7.13. The molecule has 0 aliphatic carbocycles. The fourth-order valence-electron chi connectivity index (χ4n) is 2.75. The standard InChI is InChI=1S/C18H21N3O2/c1-13-9-14(2)11-15(10-13)18(22)20-16-3-4-17(19-12-16)21-5-7-23-8-6-21/h3-4,9-12H,5-8H2,1-2H3,(H,20,22). The van der Waals surface area contributed by atoms with Gasteiger partial charge < -0.3 is 15.0 Å². The number of benzene rings is 1. The molecule has 23 heavy (non-hydrogen) atoms. The zero-order valence-electron chi connectivity index (χ0n) is 13.5. The van der Waals surface area contributed by atoms with Crippen LogP contribution in [-0.2, 0) is 4.74 Å². The molecule has 2 aromatic rings. The molecule has 5 heteroatoms. The van der Waals surface area contributed by atoms with Crippen LogP contribution in [0.25, 0.3) is 0 Å². The number of hydrogen-bond acceptors (Lipinski definition) is 4. The predicted molar refractivity (Wildman–Crippen MR) is 91.1 cm³/mol. The molecule has 3 rings (SSSR count). The van der Waals surface area contributed by atoms with Gasteiger partial charge >= 0.3 is 0 Å². The van der Waals surface area contributed by atoms with Crippen molar-refractivity contribution in [2.24, 2.45) is 0 Å². The minimum Gasteiger partial charge on any atom is -0.378 e. The normalized spacial score (nSPS) is 14.6. The van der Waals surface area contributed by atoms with Crippen molar-refractivity contribution in [3.63, 3.8) is 0 Å². The van der Waals surface area contributed by atoms with Gasteiger partial charge in [0, 0.05) is 18.7 Å². The van der Waals surface area contributed by atoms with Crippen molar-refractivity contribution in [3.05, 3.63) is 53.2 Å². The van der Waals surface area contributed by atoms with Crippen LogP contribution < -0.4 is 10.2 Å². The lowest BCUT2D eigenvalue weighted by Crippen LogP contribution is -2.36. The van der Waals surface area contributed by atoms with Gasteiger partial charge in [0.15, 0.2) is 0 Å². The van der Waals surface area contributed by atoms with Gasteiger partial charge in [-0.1, -0.05) is 17.2 Å². The number of aromatic nitrogens is 1. The molecule has 0 radical (unpaired) electrons. The molecule has 5 nitrogen and oxygen atoms in total. The van der Waals surface area contributed by atoms with Crippen LogP contribution in [0, 0.1) is 13.8 Å². The highest BCUT2D eigenvalue weighted by Crippen LogP contribution is 2.17. The lowest BCUT2D eigenvalue weighted by molar-refractivity contribution is 0.102. The lowest BCUT2D eigenvalue weighted by Gasteiger charge is -2.27. The Hall–Kier alpha value is -2.40. The number of anilines is 2. The minimum atomic E-state index is -0.113. The molecule has 0 atom stereocenters. The van der Waals surface area contributed by atoms with Crippen LogP contribution in [0.15, 0.2) is 36.5 Å². The fraction of sp³-hybridized carbons (Fsp3) is 0.333. The Morgan fingerprint density at radius 3 is 2.43 bits per heavy atom. The average molecular weight is 311 g/mol. The van der Waals surface area contributed by atoms with E-state index >= 15 is 0 Å². The molecule has 1 aromatic carbocycles. The third kappa shape index (κ3) is 3.87. The van der Waals surface area contributed by atoms with Gasteiger partial charge in [0.05, 0.1) is 25.1 Å². The molecule has 0 unspecified atom stereocenters. The van der Waals surface area contributed by atoms with E-state index in [0.717, 1.165) is 43.2 Å². The molecule has 1 aliphatic heterocycles. The van der Waals surface area contributed by atoms with E-state index in [1.165, 1.54) is 0 Å². The number of amides is 1. The van der Waals surface area contributed by atoms with Crippen molar-refractivity contribution in [3.8, 4) is 0 Å². The molecule has 0 bridgehead atoms. The maximum atomic E-state index is 12.3. The molecule has 1 N–H and O–H groups in total. The summed E-state index contributed by atoms with van der Waals surface area (Å²) in [5.74, 6) is 0.801. The fourth-order valence-corrected chi connectivity index (χ4v) is 2.75. The molecule has 2 heterocycles. The second-order valence-electron chi connectivity index (χ2n) is 5.84. The number of pyridine rings is 1. The molecular weight excluding hydrogens is 290 g/mol. The molecule has 120 valence electrons. The van der Waals surface area contributed by atoms with Gasteiger partial charge in [-0.2, -0.15) is 0 Å². The molecule has 1 amide bonds. The number of morpholine rings is 1. The highest BCUT2D eigenvalue weighted by molar-refractivity contribution is 6.04. The number of hydrogen-bond donors (Lipinski definition) is 1. The average Bonchev–Trinajstić information content (AvgIpc) is 2.55. The quantitative estimate of drug-likeness (QED) is 0.947. The van der Waals surface area contributed by atoms with Crippen molar-refractivity contribution < 1.29 is 9.53 Å². The van der Waals surface area contributed by atoms with E-state index in [9.17, 15) is 4.79 Å². The third-order valence-corrected chi connectivity index (χ3v) is 3.82. The van der Waals surface area contributed by atoms with Gasteiger partial charge in [-0.25, -0.2) is 4.98 Å². The number of carbonyl (C=O) groups excluding carboxylic acids is 1.